The Balaban J connectivity index is 1.78. The van der Waals surface area contributed by atoms with Gasteiger partial charge in [-0.15, -0.1) is 0 Å². The molecule has 2 N–H and O–H groups in total. The van der Waals surface area contributed by atoms with Crippen LogP contribution in [0, 0.1) is 5.82 Å². The van der Waals surface area contributed by atoms with Crippen LogP contribution in [0.1, 0.15) is 30.0 Å². The molecule has 1 fully saturated rings. The first-order valence-corrected chi connectivity index (χ1v) is 8.61. The number of ether oxygens (including phenoxy) is 1. The molecular weight excluding hydrogens is 327 g/mol. The summed E-state index contributed by atoms with van der Waals surface area (Å²) in [4.78, 5) is 0. The Morgan fingerprint density at radius 2 is 2.08 bits per heavy atom. The van der Waals surface area contributed by atoms with E-state index in [4.69, 9.17) is 16.3 Å². The molecule has 0 aliphatic carbocycles. The molecular formula is C19H22ClFN2O. The summed E-state index contributed by atoms with van der Waals surface area (Å²) >= 11 is 6.27. The van der Waals surface area contributed by atoms with Crippen LogP contribution in [0.2, 0.25) is 5.02 Å². The fourth-order valence-corrected chi connectivity index (χ4v) is 3.59. The van der Waals surface area contributed by atoms with E-state index < -0.39 is 0 Å². The molecule has 24 heavy (non-hydrogen) atoms. The van der Waals surface area contributed by atoms with E-state index in [2.05, 4.69) is 10.6 Å². The first-order chi connectivity index (χ1) is 11.7. The van der Waals surface area contributed by atoms with Crippen molar-refractivity contribution in [3.8, 4) is 5.75 Å². The highest BCUT2D eigenvalue weighted by Crippen LogP contribution is 2.31. The van der Waals surface area contributed by atoms with Crippen molar-refractivity contribution >= 4 is 11.6 Å². The number of rotatable bonds is 5. The summed E-state index contributed by atoms with van der Waals surface area (Å²) in [7, 11) is 1.67. The van der Waals surface area contributed by atoms with E-state index in [0.29, 0.717) is 17.1 Å². The summed E-state index contributed by atoms with van der Waals surface area (Å²) in [6.07, 6.45) is 2.02. The Labute approximate surface area is 147 Å². The molecule has 0 amide bonds. The molecule has 2 unspecified atom stereocenters. The Morgan fingerprint density at radius 1 is 1.25 bits per heavy atom. The SMILES string of the molecule is COc1ccccc1CNC1CCCNC1c1c(F)cccc1Cl. The second kappa shape index (κ2) is 7.97. The molecule has 3 rings (SSSR count). The van der Waals surface area contributed by atoms with Gasteiger partial charge in [-0.25, -0.2) is 4.39 Å². The van der Waals surface area contributed by atoms with Gasteiger partial charge in [0.15, 0.2) is 0 Å². The number of nitrogens with one attached hydrogen (secondary N) is 2. The number of hydrogen-bond acceptors (Lipinski definition) is 3. The Morgan fingerprint density at radius 3 is 2.88 bits per heavy atom. The van der Waals surface area contributed by atoms with Gasteiger partial charge in [0, 0.05) is 28.7 Å². The summed E-state index contributed by atoms with van der Waals surface area (Å²) < 4.78 is 19.7. The van der Waals surface area contributed by atoms with E-state index in [1.165, 1.54) is 6.07 Å². The Bertz CT molecular complexity index is 675. The van der Waals surface area contributed by atoms with Crippen molar-refractivity contribution in [3.05, 3.63) is 64.4 Å². The van der Waals surface area contributed by atoms with E-state index in [0.717, 1.165) is 30.7 Å². The van der Waals surface area contributed by atoms with E-state index >= 15 is 0 Å². The fourth-order valence-electron chi connectivity index (χ4n) is 3.31. The van der Waals surface area contributed by atoms with Gasteiger partial charge in [-0.2, -0.15) is 0 Å². The molecule has 1 heterocycles. The van der Waals surface area contributed by atoms with Crippen molar-refractivity contribution in [3.63, 3.8) is 0 Å². The van der Waals surface area contributed by atoms with Crippen LogP contribution in [0.4, 0.5) is 4.39 Å². The monoisotopic (exact) mass is 348 g/mol. The zero-order chi connectivity index (χ0) is 16.9. The molecule has 5 heteroatoms. The van der Waals surface area contributed by atoms with E-state index in [9.17, 15) is 4.39 Å². The van der Waals surface area contributed by atoms with Crippen LogP contribution in [-0.2, 0) is 6.54 Å². The Kier molecular flexibility index (Phi) is 5.72. The highest BCUT2D eigenvalue weighted by Gasteiger charge is 2.29. The molecule has 1 saturated heterocycles. The van der Waals surface area contributed by atoms with Gasteiger partial charge < -0.3 is 15.4 Å². The fraction of sp³-hybridized carbons (Fsp3) is 0.368. The smallest absolute Gasteiger partial charge is 0.129 e. The predicted molar refractivity (Wildman–Crippen MR) is 95.0 cm³/mol. The molecule has 0 radical (unpaired) electrons. The topological polar surface area (TPSA) is 33.3 Å². The first-order valence-electron chi connectivity index (χ1n) is 8.23. The lowest BCUT2D eigenvalue weighted by atomic mass is 9.91. The van der Waals surface area contributed by atoms with E-state index in [-0.39, 0.29) is 17.9 Å². The van der Waals surface area contributed by atoms with Crippen LogP contribution in [0.3, 0.4) is 0 Å². The lowest BCUT2D eigenvalue weighted by molar-refractivity contribution is 0.297. The second-order valence-electron chi connectivity index (χ2n) is 6.01. The van der Waals surface area contributed by atoms with Crippen molar-refractivity contribution in [2.45, 2.75) is 31.5 Å². The molecule has 0 saturated carbocycles. The lowest BCUT2D eigenvalue weighted by Crippen LogP contribution is -2.46. The largest absolute Gasteiger partial charge is 0.496 e. The standard InChI is InChI=1S/C19H22ClFN2O/c1-24-17-10-3-2-6-13(17)12-23-16-9-5-11-22-19(16)18-14(20)7-4-8-15(18)21/h2-4,6-8,10,16,19,22-23H,5,9,11-12H2,1H3. The van der Waals surface area contributed by atoms with Crippen molar-refractivity contribution in [1.29, 1.82) is 0 Å². The lowest BCUT2D eigenvalue weighted by Gasteiger charge is -2.34. The molecule has 1 aliphatic heterocycles. The minimum absolute atomic E-state index is 0.109. The van der Waals surface area contributed by atoms with Gasteiger partial charge in [-0.05, 0) is 37.6 Å². The molecule has 0 spiro atoms. The number of halogens is 2. The van der Waals surface area contributed by atoms with Crippen LogP contribution in [0.15, 0.2) is 42.5 Å². The van der Waals surface area contributed by atoms with Crippen molar-refractivity contribution in [2.75, 3.05) is 13.7 Å². The normalized spacial score (nSPS) is 20.8. The third-order valence-corrected chi connectivity index (χ3v) is 4.85. The summed E-state index contributed by atoms with van der Waals surface area (Å²) in [5.41, 5.74) is 1.64. The van der Waals surface area contributed by atoms with Gasteiger partial charge in [0.2, 0.25) is 0 Å². The maximum Gasteiger partial charge on any atom is 0.129 e. The van der Waals surface area contributed by atoms with Crippen LogP contribution < -0.4 is 15.4 Å². The molecule has 1 aliphatic rings. The average Bonchev–Trinajstić information content (AvgIpc) is 2.61. The highest BCUT2D eigenvalue weighted by molar-refractivity contribution is 6.31. The van der Waals surface area contributed by atoms with Gasteiger partial charge in [0.25, 0.3) is 0 Å². The van der Waals surface area contributed by atoms with Crippen LogP contribution >= 0.6 is 11.6 Å². The average molecular weight is 349 g/mol. The van der Waals surface area contributed by atoms with E-state index in [1.807, 2.05) is 24.3 Å². The second-order valence-corrected chi connectivity index (χ2v) is 6.42. The maximum absolute atomic E-state index is 14.3. The van der Waals surface area contributed by atoms with Gasteiger partial charge in [0.1, 0.15) is 11.6 Å². The van der Waals surface area contributed by atoms with Gasteiger partial charge in [-0.3, -0.25) is 0 Å². The Hall–Kier alpha value is -1.62. The minimum atomic E-state index is -0.258. The summed E-state index contributed by atoms with van der Waals surface area (Å²) in [5, 5.41) is 7.43. The number of piperidine rings is 1. The molecule has 2 aromatic rings. The van der Waals surface area contributed by atoms with Crippen LogP contribution in [0.25, 0.3) is 0 Å². The molecule has 128 valence electrons. The summed E-state index contributed by atoms with van der Waals surface area (Å²) in [5.74, 6) is 0.597. The summed E-state index contributed by atoms with van der Waals surface area (Å²) in [6.45, 7) is 1.53. The third-order valence-electron chi connectivity index (χ3n) is 4.52. The number of hydrogen-bond donors (Lipinski definition) is 2. The van der Waals surface area contributed by atoms with Crippen molar-refractivity contribution < 1.29 is 9.13 Å². The van der Waals surface area contributed by atoms with Crippen molar-refractivity contribution in [2.24, 2.45) is 0 Å². The zero-order valence-electron chi connectivity index (χ0n) is 13.7. The van der Waals surface area contributed by atoms with Gasteiger partial charge in [-0.1, -0.05) is 35.9 Å². The molecule has 0 aromatic heterocycles. The first kappa shape index (κ1) is 17.2. The number of para-hydroxylation sites is 1. The molecule has 0 bridgehead atoms. The van der Waals surface area contributed by atoms with Crippen LogP contribution in [0.5, 0.6) is 5.75 Å². The van der Waals surface area contributed by atoms with Gasteiger partial charge in [0.05, 0.1) is 13.2 Å². The molecule has 3 nitrogen and oxygen atoms in total. The summed E-state index contributed by atoms with van der Waals surface area (Å²) in [6, 6.07) is 12.7. The third kappa shape index (κ3) is 3.72. The zero-order valence-corrected chi connectivity index (χ0v) is 14.4. The minimum Gasteiger partial charge on any atom is -0.496 e. The number of benzene rings is 2. The van der Waals surface area contributed by atoms with Crippen LogP contribution in [-0.4, -0.2) is 19.7 Å². The van der Waals surface area contributed by atoms with Crippen molar-refractivity contribution in [1.82, 2.24) is 10.6 Å². The molecule has 2 aromatic carbocycles. The van der Waals surface area contributed by atoms with Gasteiger partial charge >= 0.3 is 0 Å². The quantitative estimate of drug-likeness (QED) is 0.854. The highest BCUT2D eigenvalue weighted by atomic mass is 35.5. The molecule has 2 atom stereocenters. The maximum atomic E-state index is 14.3. The number of methoxy groups -OCH3 is 1. The van der Waals surface area contributed by atoms with E-state index in [1.54, 1.807) is 19.2 Å². The predicted octanol–water partition coefficient (Wildman–Crippen LogP) is 4.07.